The lowest BCUT2D eigenvalue weighted by Gasteiger charge is -2.17. The van der Waals surface area contributed by atoms with E-state index in [-0.39, 0.29) is 18.2 Å². The zero-order valence-corrected chi connectivity index (χ0v) is 11.5. The summed E-state index contributed by atoms with van der Waals surface area (Å²) in [5.41, 5.74) is 1.97. The molecule has 1 aliphatic rings. The smallest absolute Gasteiger partial charge is 0.326 e. The number of benzene rings is 1. The highest BCUT2D eigenvalue weighted by atomic mass is 16.5. The highest BCUT2D eigenvalue weighted by Crippen LogP contribution is 2.13. The van der Waals surface area contributed by atoms with Gasteiger partial charge in [-0.1, -0.05) is 29.8 Å². The topological polar surface area (TPSA) is 75.6 Å². The van der Waals surface area contributed by atoms with Crippen molar-refractivity contribution in [3.8, 4) is 0 Å². The van der Waals surface area contributed by atoms with E-state index in [2.05, 4.69) is 5.32 Å². The number of amides is 1. The summed E-state index contributed by atoms with van der Waals surface area (Å²) in [5.74, 6) is -1.48. The fourth-order valence-corrected chi connectivity index (χ4v) is 2.31. The largest absolute Gasteiger partial charge is 0.480 e. The molecule has 0 aliphatic carbocycles. The number of carbonyl (C=O) groups is 2. The molecular weight excluding hydrogens is 258 g/mol. The normalized spacial score (nSPS) is 19.6. The molecule has 108 valence electrons. The number of rotatable bonds is 5. The number of carboxylic acid groups (broad SMARTS) is 1. The van der Waals surface area contributed by atoms with Crippen LogP contribution in [-0.4, -0.2) is 36.2 Å². The monoisotopic (exact) mass is 277 g/mol. The predicted molar refractivity (Wildman–Crippen MR) is 73.4 cm³/mol. The molecule has 1 heterocycles. The lowest BCUT2D eigenvalue weighted by molar-refractivity contribution is -0.142. The molecule has 1 aromatic carbocycles. The fraction of sp³-hybridized carbons (Fsp3) is 0.467. The molecular formula is C15H19NO4. The average molecular weight is 277 g/mol. The summed E-state index contributed by atoms with van der Waals surface area (Å²) >= 11 is 0. The average Bonchev–Trinajstić information content (AvgIpc) is 2.91. The minimum atomic E-state index is -1.02. The maximum absolute atomic E-state index is 12.0. The Labute approximate surface area is 117 Å². The van der Waals surface area contributed by atoms with E-state index in [1.54, 1.807) is 0 Å². The van der Waals surface area contributed by atoms with Gasteiger partial charge in [0.1, 0.15) is 6.04 Å². The predicted octanol–water partition coefficient (Wildman–Crippen LogP) is 1.14. The molecule has 0 radical (unpaired) electrons. The molecule has 1 fully saturated rings. The van der Waals surface area contributed by atoms with E-state index in [1.165, 1.54) is 0 Å². The molecule has 0 unspecified atom stereocenters. The minimum Gasteiger partial charge on any atom is -0.480 e. The minimum absolute atomic E-state index is 0.227. The Morgan fingerprint density at radius 2 is 2.30 bits per heavy atom. The van der Waals surface area contributed by atoms with Crippen LogP contribution in [0.5, 0.6) is 0 Å². The van der Waals surface area contributed by atoms with Crippen molar-refractivity contribution in [3.63, 3.8) is 0 Å². The summed E-state index contributed by atoms with van der Waals surface area (Å²) in [6.45, 7) is 2.89. The Hall–Kier alpha value is -1.88. The van der Waals surface area contributed by atoms with Crippen molar-refractivity contribution >= 4 is 11.9 Å². The van der Waals surface area contributed by atoms with Crippen LogP contribution in [0.25, 0.3) is 0 Å². The van der Waals surface area contributed by atoms with Crippen LogP contribution in [0.1, 0.15) is 17.5 Å². The lowest BCUT2D eigenvalue weighted by Crippen LogP contribution is -2.45. The van der Waals surface area contributed by atoms with Crippen LogP contribution >= 0.6 is 0 Å². The van der Waals surface area contributed by atoms with Crippen molar-refractivity contribution in [1.29, 1.82) is 0 Å². The standard InChI is InChI=1S/C15H19NO4/c1-10-3-2-4-11(7-10)8-13(15(18)19)16-14(17)12-5-6-20-9-12/h2-4,7,12-13H,5-6,8-9H2,1H3,(H,16,17)(H,18,19)/t12-,13+/m0/s1. The van der Waals surface area contributed by atoms with Crippen LogP contribution in [0, 0.1) is 12.8 Å². The van der Waals surface area contributed by atoms with E-state index in [0.717, 1.165) is 11.1 Å². The number of carbonyl (C=O) groups excluding carboxylic acids is 1. The van der Waals surface area contributed by atoms with Crippen molar-refractivity contribution in [3.05, 3.63) is 35.4 Å². The Morgan fingerprint density at radius 3 is 2.90 bits per heavy atom. The zero-order chi connectivity index (χ0) is 14.5. The molecule has 2 rings (SSSR count). The van der Waals surface area contributed by atoms with Crippen molar-refractivity contribution in [2.45, 2.75) is 25.8 Å². The molecule has 2 atom stereocenters. The van der Waals surface area contributed by atoms with Gasteiger partial charge >= 0.3 is 5.97 Å². The summed E-state index contributed by atoms with van der Waals surface area (Å²) in [6, 6.07) is 6.74. The van der Waals surface area contributed by atoms with Gasteiger partial charge in [0.15, 0.2) is 0 Å². The number of hydrogen-bond donors (Lipinski definition) is 2. The summed E-state index contributed by atoms with van der Waals surface area (Å²) in [7, 11) is 0. The third kappa shape index (κ3) is 3.81. The SMILES string of the molecule is Cc1cccc(C[C@@H](NC(=O)[C@H]2CCOC2)C(=O)O)c1. The number of aryl methyl sites for hydroxylation is 1. The Balaban J connectivity index is 2.00. The Kier molecular flexibility index (Phi) is 4.74. The maximum atomic E-state index is 12.0. The van der Waals surface area contributed by atoms with Crippen LogP contribution in [0.15, 0.2) is 24.3 Å². The van der Waals surface area contributed by atoms with E-state index in [4.69, 9.17) is 4.74 Å². The van der Waals surface area contributed by atoms with Gasteiger partial charge in [0.2, 0.25) is 5.91 Å². The van der Waals surface area contributed by atoms with Crippen molar-refractivity contribution in [1.82, 2.24) is 5.32 Å². The second kappa shape index (κ2) is 6.52. The number of hydrogen-bond acceptors (Lipinski definition) is 3. The highest BCUT2D eigenvalue weighted by Gasteiger charge is 2.28. The Morgan fingerprint density at radius 1 is 1.50 bits per heavy atom. The number of nitrogens with one attached hydrogen (secondary N) is 1. The van der Waals surface area contributed by atoms with Crippen LogP contribution in [0.2, 0.25) is 0 Å². The summed E-state index contributed by atoms with van der Waals surface area (Å²) < 4.78 is 5.15. The third-order valence-electron chi connectivity index (χ3n) is 3.44. The lowest BCUT2D eigenvalue weighted by atomic mass is 10.0. The molecule has 1 amide bonds. The van der Waals surface area contributed by atoms with Crippen LogP contribution < -0.4 is 5.32 Å². The van der Waals surface area contributed by atoms with Gasteiger partial charge in [-0.2, -0.15) is 0 Å². The van der Waals surface area contributed by atoms with Gasteiger partial charge in [-0.3, -0.25) is 4.79 Å². The quantitative estimate of drug-likeness (QED) is 0.846. The van der Waals surface area contributed by atoms with E-state index < -0.39 is 12.0 Å². The molecule has 1 aliphatic heterocycles. The Bertz CT molecular complexity index is 494. The van der Waals surface area contributed by atoms with Gasteiger partial charge in [0.05, 0.1) is 12.5 Å². The summed E-state index contributed by atoms with van der Waals surface area (Å²) in [4.78, 5) is 23.3. The highest BCUT2D eigenvalue weighted by molar-refractivity contribution is 5.85. The van der Waals surface area contributed by atoms with Crippen LogP contribution in [0.3, 0.4) is 0 Å². The first-order chi connectivity index (χ1) is 9.56. The van der Waals surface area contributed by atoms with Crippen LogP contribution in [-0.2, 0) is 20.7 Å². The van der Waals surface area contributed by atoms with Crippen molar-refractivity contribution < 1.29 is 19.4 Å². The van der Waals surface area contributed by atoms with E-state index in [9.17, 15) is 14.7 Å². The van der Waals surface area contributed by atoms with Gasteiger partial charge in [-0.15, -0.1) is 0 Å². The zero-order valence-electron chi connectivity index (χ0n) is 11.5. The second-order valence-electron chi connectivity index (χ2n) is 5.15. The molecule has 0 saturated carbocycles. The molecule has 5 nitrogen and oxygen atoms in total. The maximum Gasteiger partial charge on any atom is 0.326 e. The first-order valence-electron chi connectivity index (χ1n) is 6.72. The number of ether oxygens (including phenoxy) is 1. The van der Waals surface area contributed by atoms with Gasteiger partial charge in [0, 0.05) is 13.0 Å². The molecule has 0 bridgehead atoms. The van der Waals surface area contributed by atoms with Crippen LogP contribution in [0.4, 0.5) is 0 Å². The van der Waals surface area contributed by atoms with Gasteiger partial charge in [-0.05, 0) is 18.9 Å². The second-order valence-corrected chi connectivity index (χ2v) is 5.15. The number of aliphatic carboxylic acids is 1. The fourth-order valence-electron chi connectivity index (χ4n) is 2.31. The molecule has 1 saturated heterocycles. The molecule has 20 heavy (non-hydrogen) atoms. The van der Waals surface area contributed by atoms with Gasteiger partial charge in [0.25, 0.3) is 0 Å². The first kappa shape index (κ1) is 14.5. The van der Waals surface area contributed by atoms with Gasteiger partial charge < -0.3 is 15.2 Å². The summed E-state index contributed by atoms with van der Waals surface area (Å²) in [5, 5.41) is 11.9. The molecule has 0 aromatic heterocycles. The van der Waals surface area contributed by atoms with E-state index in [0.29, 0.717) is 19.6 Å². The van der Waals surface area contributed by atoms with E-state index in [1.807, 2.05) is 31.2 Å². The van der Waals surface area contributed by atoms with Gasteiger partial charge in [-0.25, -0.2) is 4.79 Å². The molecule has 0 spiro atoms. The van der Waals surface area contributed by atoms with Crippen molar-refractivity contribution in [2.24, 2.45) is 5.92 Å². The first-order valence-corrected chi connectivity index (χ1v) is 6.72. The van der Waals surface area contributed by atoms with Crippen molar-refractivity contribution in [2.75, 3.05) is 13.2 Å². The molecule has 1 aromatic rings. The summed E-state index contributed by atoms with van der Waals surface area (Å²) in [6.07, 6.45) is 0.943. The third-order valence-corrected chi connectivity index (χ3v) is 3.44. The molecule has 2 N–H and O–H groups in total. The number of carboxylic acids is 1. The molecule has 5 heteroatoms. The van der Waals surface area contributed by atoms with E-state index >= 15 is 0 Å².